The van der Waals surface area contributed by atoms with Crippen LogP contribution in [0.2, 0.25) is 0 Å². The smallest absolute Gasteiger partial charge is 0.471 e. The quantitative estimate of drug-likeness (QED) is 0.887. The van der Waals surface area contributed by atoms with Crippen molar-refractivity contribution < 1.29 is 27.9 Å². The number of nitrogens with one attached hydrogen (secondary N) is 1. The van der Waals surface area contributed by atoms with Crippen LogP contribution in [-0.4, -0.2) is 33.1 Å². The highest BCUT2D eigenvalue weighted by Crippen LogP contribution is 2.34. The Labute approximate surface area is 120 Å². The molecule has 10 heteroatoms. The molecule has 0 aliphatic heterocycles. The summed E-state index contributed by atoms with van der Waals surface area (Å²) < 4.78 is 36.5. The van der Waals surface area contributed by atoms with Gasteiger partial charge in [0.25, 0.3) is 0 Å². The molecule has 0 saturated heterocycles. The number of hydrogen-bond acceptors (Lipinski definition) is 5. The number of nitrogens with zero attached hydrogens (tertiary/aromatic N) is 2. The Kier molecular flexibility index (Phi) is 5.19. The minimum Gasteiger partial charge on any atom is -0.477 e. The van der Waals surface area contributed by atoms with Crippen molar-refractivity contribution in [2.45, 2.75) is 20.0 Å². The molecule has 0 aromatic carbocycles. The molecule has 0 bridgehead atoms. The number of amides is 1. The van der Waals surface area contributed by atoms with Crippen LogP contribution in [0.15, 0.2) is 12.4 Å². The lowest BCUT2D eigenvalue weighted by Crippen LogP contribution is -2.30. The summed E-state index contributed by atoms with van der Waals surface area (Å²) in [7, 11) is 0. The first-order valence-corrected chi connectivity index (χ1v) is 6.47. The molecular weight excluding hydrogens is 311 g/mol. The van der Waals surface area contributed by atoms with Crippen LogP contribution in [0.1, 0.15) is 23.5 Å². The van der Waals surface area contributed by atoms with Gasteiger partial charge in [0.15, 0.2) is 0 Å². The maximum atomic E-state index is 12.2. The van der Waals surface area contributed by atoms with Crippen molar-refractivity contribution in [3.8, 4) is 0 Å². The molecule has 2 aromatic heterocycles. The second-order valence-electron chi connectivity index (χ2n) is 3.27. The van der Waals surface area contributed by atoms with Crippen molar-refractivity contribution in [1.29, 1.82) is 0 Å². The fourth-order valence-corrected chi connectivity index (χ4v) is 2.17. The van der Waals surface area contributed by atoms with Crippen molar-refractivity contribution in [2.75, 3.05) is 5.32 Å². The van der Waals surface area contributed by atoms with Gasteiger partial charge in [0.1, 0.15) is 15.2 Å². The molecule has 0 unspecified atom stereocenters. The number of aromatic nitrogens is 2. The van der Waals surface area contributed by atoms with E-state index in [1.54, 1.807) is 0 Å². The monoisotopic (exact) mass is 321 g/mol. The zero-order valence-electron chi connectivity index (χ0n) is 10.9. The second kappa shape index (κ2) is 6.48. The summed E-state index contributed by atoms with van der Waals surface area (Å²) in [5.41, 5.74) is -0.592. The highest BCUT2D eigenvalue weighted by molar-refractivity contribution is 7.21. The van der Waals surface area contributed by atoms with E-state index in [0.29, 0.717) is 11.3 Å². The second-order valence-corrected chi connectivity index (χ2v) is 4.27. The highest BCUT2D eigenvalue weighted by Gasteiger charge is 2.40. The number of anilines is 1. The van der Waals surface area contributed by atoms with Gasteiger partial charge in [0.05, 0.1) is 5.69 Å². The lowest BCUT2D eigenvalue weighted by molar-refractivity contribution is -0.167. The van der Waals surface area contributed by atoms with Gasteiger partial charge in [-0.2, -0.15) is 13.2 Å². The number of carboxylic acids is 1. The van der Waals surface area contributed by atoms with E-state index in [0.717, 1.165) is 0 Å². The maximum absolute atomic E-state index is 12.2. The Morgan fingerprint density at radius 3 is 2.33 bits per heavy atom. The molecular formula is C11H10F3N3O3S. The molecule has 114 valence electrons. The van der Waals surface area contributed by atoms with Crippen LogP contribution in [0.4, 0.5) is 18.9 Å². The molecule has 2 heterocycles. The zero-order valence-corrected chi connectivity index (χ0v) is 11.7. The number of carbonyl (C=O) groups excluding carboxylic acids is 1. The highest BCUT2D eigenvalue weighted by atomic mass is 32.1. The van der Waals surface area contributed by atoms with E-state index in [1.807, 2.05) is 13.8 Å². The molecule has 2 aromatic rings. The Morgan fingerprint density at radius 2 is 1.81 bits per heavy atom. The molecule has 2 N–H and O–H groups in total. The third kappa shape index (κ3) is 3.66. The van der Waals surface area contributed by atoms with E-state index in [4.69, 9.17) is 5.11 Å². The summed E-state index contributed by atoms with van der Waals surface area (Å²) in [5, 5.41) is 10.4. The number of hydrogen-bond donors (Lipinski definition) is 2. The number of thiophene rings is 1. The number of aromatic carboxylic acids is 1. The molecule has 0 fully saturated rings. The SMILES string of the molecule is CC.O=C(O)c1sc2nccnc2c1NC(=O)C(F)(F)F. The molecule has 6 nitrogen and oxygen atoms in total. The van der Waals surface area contributed by atoms with E-state index in [2.05, 4.69) is 9.97 Å². The minimum absolute atomic E-state index is 0.0949. The van der Waals surface area contributed by atoms with Gasteiger partial charge in [-0.15, -0.1) is 11.3 Å². The fourth-order valence-electron chi connectivity index (χ4n) is 1.28. The Morgan fingerprint density at radius 1 is 1.24 bits per heavy atom. The number of halogens is 3. The third-order valence-corrected chi connectivity index (χ3v) is 3.09. The summed E-state index contributed by atoms with van der Waals surface area (Å²) in [6.45, 7) is 4.00. The molecule has 0 aliphatic rings. The van der Waals surface area contributed by atoms with Crippen LogP contribution in [0.5, 0.6) is 0 Å². The predicted molar refractivity (Wildman–Crippen MR) is 70.4 cm³/mol. The van der Waals surface area contributed by atoms with Gasteiger partial charge in [-0.05, 0) is 0 Å². The normalized spacial score (nSPS) is 10.7. The van der Waals surface area contributed by atoms with Gasteiger partial charge in [-0.25, -0.2) is 14.8 Å². The summed E-state index contributed by atoms with van der Waals surface area (Å²) in [6.07, 6.45) is -2.67. The molecule has 1 amide bonds. The standard InChI is InChI=1S/C9H4F3N3O3S.C2H6/c10-9(11,12)8(18)15-3-4-6(14-2-1-13-4)19-5(3)7(16)17;1-2/h1-2H,(H,15,18)(H,16,17);1-2H3. The van der Waals surface area contributed by atoms with E-state index in [1.165, 1.54) is 17.7 Å². The van der Waals surface area contributed by atoms with Crippen molar-refractivity contribution in [3.05, 3.63) is 17.3 Å². The molecule has 0 saturated carbocycles. The molecule has 0 radical (unpaired) electrons. The van der Waals surface area contributed by atoms with Gasteiger partial charge in [-0.1, -0.05) is 13.8 Å². The Bertz CT molecular complexity index is 670. The van der Waals surface area contributed by atoms with Gasteiger partial charge in [0, 0.05) is 12.4 Å². The summed E-state index contributed by atoms with van der Waals surface area (Å²) >= 11 is 0.629. The summed E-state index contributed by atoms with van der Waals surface area (Å²) in [4.78, 5) is 29.0. The Balaban J connectivity index is 0.00000106. The third-order valence-electron chi connectivity index (χ3n) is 2.02. The van der Waals surface area contributed by atoms with E-state index in [-0.39, 0.29) is 10.3 Å². The van der Waals surface area contributed by atoms with E-state index >= 15 is 0 Å². The average Bonchev–Trinajstić information content (AvgIpc) is 2.79. The van der Waals surface area contributed by atoms with Crippen LogP contribution in [0.3, 0.4) is 0 Å². The van der Waals surface area contributed by atoms with Crippen LogP contribution in [-0.2, 0) is 4.79 Å². The van der Waals surface area contributed by atoms with Gasteiger partial charge < -0.3 is 10.4 Å². The lowest BCUT2D eigenvalue weighted by Gasteiger charge is -2.07. The molecule has 0 spiro atoms. The van der Waals surface area contributed by atoms with E-state index < -0.39 is 28.6 Å². The van der Waals surface area contributed by atoms with Gasteiger partial charge in [-0.3, -0.25) is 4.79 Å². The molecule has 0 aliphatic carbocycles. The van der Waals surface area contributed by atoms with Crippen LogP contribution < -0.4 is 5.32 Å². The number of fused-ring (bicyclic) bond motifs is 1. The molecule has 2 rings (SSSR count). The largest absolute Gasteiger partial charge is 0.477 e. The number of rotatable bonds is 2. The van der Waals surface area contributed by atoms with Crippen molar-refractivity contribution in [2.24, 2.45) is 0 Å². The minimum atomic E-state index is -5.12. The summed E-state index contributed by atoms with van der Waals surface area (Å²) in [5.74, 6) is -3.73. The lowest BCUT2D eigenvalue weighted by atomic mass is 10.3. The van der Waals surface area contributed by atoms with E-state index in [9.17, 15) is 22.8 Å². The van der Waals surface area contributed by atoms with Crippen molar-refractivity contribution in [1.82, 2.24) is 9.97 Å². The zero-order chi connectivity index (χ0) is 16.2. The average molecular weight is 321 g/mol. The molecule has 0 atom stereocenters. The Hall–Kier alpha value is -2.23. The van der Waals surface area contributed by atoms with Crippen molar-refractivity contribution >= 4 is 39.2 Å². The topological polar surface area (TPSA) is 92.2 Å². The van der Waals surface area contributed by atoms with Crippen LogP contribution >= 0.6 is 11.3 Å². The summed E-state index contributed by atoms with van der Waals surface area (Å²) in [6, 6.07) is 0. The number of alkyl halides is 3. The molecule has 21 heavy (non-hydrogen) atoms. The first-order valence-electron chi connectivity index (χ1n) is 5.65. The van der Waals surface area contributed by atoms with Crippen LogP contribution in [0, 0.1) is 0 Å². The van der Waals surface area contributed by atoms with Crippen molar-refractivity contribution in [3.63, 3.8) is 0 Å². The number of carboxylic acid groups (broad SMARTS) is 1. The fraction of sp³-hybridized carbons (Fsp3) is 0.273. The first-order chi connectivity index (χ1) is 9.80. The van der Waals surface area contributed by atoms with Gasteiger partial charge in [0.2, 0.25) is 0 Å². The first kappa shape index (κ1) is 16.8. The maximum Gasteiger partial charge on any atom is 0.471 e. The number of carbonyl (C=O) groups is 2. The predicted octanol–water partition coefficient (Wildman–Crippen LogP) is 2.92. The van der Waals surface area contributed by atoms with Crippen LogP contribution in [0.25, 0.3) is 10.3 Å². The van der Waals surface area contributed by atoms with Gasteiger partial charge >= 0.3 is 18.1 Å².